The van der Waals surface area contributed by atoms with Crippen LogP contribution in [0.3, 0.4) is 0 Å². The van der Waals surface area contributed by atoms with Gasteiger partial charge in [0.05, 0.1) is 36.3 Å². The summed E-state index contributed by atoms with van der Waals surface area (Å²) in [6.07, 6.45) is -0.696. The Bertz CT molecular complexity index is 998. The van der Waals surface area contributed by atoms with Crippen LogP contribution in [0.15, 0.2) is 36.4 Å². The van der Waals surface area contributed by atoms with Crippen LogP contribution in [0.25, 0.3) is 22.2 Å². The number of hydrogen-bond donors (Lipinski definition) is 2. The third kappa shape index (κ3) is 3.40. The Hall–Kier alpha value is -3.22. The summed E-state index contributed by atoms with van der Waals surface area (Å²) in [6.45, 7) is 4.54. The van der Waals surface area contributed by atoms with Gasteiger partial charge in [0.25, 0.3) is 0 Å². The second-order valence-corrected chi connectivity index (χ2v) is 5.93. The Morgan fingerprint density at radius 2 is 2.00 bits per heavy atom. The summed E-state index contributed by atoms with van der Waals surface area (Å²) in [4.78, 5) is 11.5. The molecule has 3 rings (SSSR count). The Balaban J connectivity index is 2.08. The highest BCUT2D eigenvalue weighted by molar-refractivity contribution is 6.01. The van der Waals surface area contributed by atoms with E-state index in [-0.39, 0.29) is 12.3 Å². The Kier molecular flexibility index (Phi) is 5.21. The fraction of sp³-hybridized carbons (Fsp3) is 0.250. The lowest BCUT2D eigenvalue weighted by Crippen LogP contribution is -2.14. The molecule has 0 saturated heterocycles. The number of nitrogens with one attached hydrogen (secondary N) is 1. The molecular formula is C20H22FN3O3. The maximum Gasteiger partial charge on any atom is 0.411 e. The van der Waals surface area contributed by atoms with Crippen molar-refractivity contribution in [3.63, 3.8) is 0 Å². The average Bonchev–Trinajstić information content (AvgIpc) is 2.94. The molecule has 0 aliphatic rings. The number of nitrogens with two attached hydrogens (primary N) is 1. The molecule has 142 valence electrons. The van der Waals surface area contributed by atoms with E-state index in [9.17, 15) is 9.18 Å². The van der Waals surface area contributed by atoms with E-state index in [1.54, 1.807) is 20.1 Å². The van der Waals surface area contributed by atoms with E-state index in [1.165, 1.54) is 12.1 Å². The summed E-state index contributed by atoms with van der Waals surface area (Å²) < 4.78 is 26.6. The van der Waals surface area contributed by atoms with E-state index >= 15 is 0 Å². The number of nitrogens with zero attached hydrogens (tertiary/aromatic N) is 1. The SMILES string of the molecule is CCOC(=O)Nc1ccc(-c2c(N)c3ccc(OC)cc3n2CC)cc1F. The largest absolute Gasteiger partial charge is 0.497 e. The molecule has 0 bridgehead atoms. The summed E-state index contributed by atoms with van der Waals surface area (Å²) in [6, 6.07) is 10.2. The first-order chi connectivity index (χ1) is 13.0. The van der Waals surface area contributed by atoms with Crippen LogP contribution in [0, 0.1) is 5.82 Å². The standard InChI is InChI=1S/C20H22FN3O3/c1-4-24-17-11-13(26-3)7-8-14(17)18(22)19(24)12-6-9-16(15(21)10-12)23-20(25)27-5-2/h6-11H,4-5,22H2,1-3H3,(H,23,25). The van der Waals surface area contributed by atoms with Gasteiger partial charge in [-0.1, -0.05) is 6.07 Å². The highest BCUT2D eigenvalue weighted by Gasteiger charge is 2.18. The van der Waals surface area contributed by atoms with E-state index in [0.29, 0.717) is 17.8 Å². The molecule has 7 heteroatoms. The lowest BCUT2D eigenvalue weighted by atomic mass is 10.1. The number of fused-ring (bicyclic) bond motifs is 1. The lowest BCUT2D eigenvalue weighted by Gasteiger charge is -2.11. The van der Waals surface area contributed by atoms with Crippen molar-refractivity contribution in [1.29, 1.82) is 0 Å². The first-order valence-electron chi connectivity index (χ1n) is 8.69. The zero-order valence-corrected chi connectivity index (χ0v) is 15.5. The van der Waals surface area contributed by atoms with Crippen molar-refractivity contribution in [2.75, 3.05) is 24.8 Å². The molecule has 0 aliphatic carbocycles. The van der Waals surface area contributed by atoms with Gasteiger partial charge in [0.1, 0.15) is 11.6 Å². The minimum Gasteiger partial charge on any atom is -0.497 e. The van der Waals surface area contributed by atoms with Crippen LogP contribution < -0.4 is 15.8 Å². The number of anilines is 2. The smallest absolute Gasteiger partial charge is 0.411 e. The van der Waals surface area contributed by atoms with Crippen LogP contribution >= 0.6 is 0 Å². The molecule has 0 radical (unpaired) electrons. The fourth-order valence-corrected chi connectivity index (χ4v) is 3.16. The van der Waals surface area contributed by atoms with Gasteiger partial charge >= 0.3 is 6.09 Å². The molecule has 27 heavy (non-hydrogen) atoms. The molecule has 1 heterocycles. The number of ether oxygens (including phenoxy) is 2. The zero-order chi connectivity index (χ0) is 19.6. The molecule has 3 aromatic rings. The van der Waals surface area contributed by atoms with Gasteiger partial charge in [0.2, 0.25) is 0 Å². The number of rotatable bonds is 5. The molecular weight excluding hydrogens is 349 g/mol. The van der Waals surface area contributed by atoms with Gasteiger partial charge in [0.15, 0.2) is 0 Å². The van der Waals surface area contributed by atoms with E-state index in [4.69, 9.17) is 15.2 Å². The monoisotopic (exact) mass is 371 g/mol. The van der Waals surface area contributed by atoms with E-state index in [1.807, 2.05) is 29.7 Å². The van der Waals surface area contributed by atoms with Crippen molar-refractivity contribution in [2.24, 2.45) is 0 Å². The second-order valence-electron chi connectivity index (χ2n) is 5.93. The third-order valence-corrected chi connectivity index (χ3v) is 4.38. The molecule has 6 nitrogen and oxygen atoms in total. The van der Waals surface area contributed by atoms with E-state index in [0.717, 1.165) is 22.3 Å². The minimum absolute atomic E-state index is 0.0524. The van der Waals surface area contributed by atoms with Gasteiger partial charge < -0.3 is 19.8 Å². The van der Waals surface area contributed by atoms with Crippen LogP contribution in [0.5, 0.6) is 5.75 Å². The molecule has 0 fully saturated rings. The van der Waals surface area contributed by atoms with Gasteiger partial charge in [-0.05, 0) is 38.1 Å². The highest BCUT2D eigenvalue weighted by atomic mass is 19.1. The van der Waals surface area contributed by atoms with Crippen LogP contribution in [-0.2, 0) is 11.3 Å². The van der Waals surface area contributed by atoms with Gasteiger partial charge in [-0.3, -0.25) is 5.32 Å². The number of carbonyl (C=O) groups is 1. The number of nitrogen functional groups attached to an aromatic ring is 1. The molecule has 3 N–H and O–H groups in total. The quantitative estimate of drug-likeness (QED) is 0.686. The zero-order valence-electron chi connectivity index (χ0n) is 15.5. The number of halogens is 1. The van der Waals surface area contributed by atoms with Gasteiger partial charge in [-0.2, -0.15) is 0 Å². The van der Waals surface area contributed by atoms with Crippen molar-refractivity contribution >= 4 is 28.4 Å². The topological polar surface area (TPSA) is 78.5 Å². The first-order valence-corrected chi connectivity index (χ1v) is 8.69. The molecule has 0 spiro atoms. The van der Waals surface area contributed by atoms with Crippen LogP contribution in [0.1, 0.15) is 13.8 Å². The van der Waals surface area contributed by atoms with Crippen LogP contribution in [0.2, 0.25) is 0 Å². The third-order valence-electron chi connectivity index (χ3n) is 4.38. The molecule has 1 aromatic heterocycles. The van der Waals surface area contributed by atoms with Crippen LogP contribution in [0.4, 0.5) is 20.6 Å². The van der Waals surface area contributed by atoms with E-state index in [2.05, 4.69) is 5.32 Å². The Morgan fingerprint density at radius 1 is 1.22 bits per heavy atom. The van der Waals surface area contributed by atoms with Crippen molar-refractivity contribution in [3.05, 3.63) is 42.2 Å². The molecule has 1 amide bonds. The predicted molar refractivity (Wildman–Crippen MR) is 105 cm³/mol. The number of methoxy groups -OCH3 is 1. The summed E-state index contributed by atoms with van der Waals surface area (Å²) in [5, 5.41) is 3.26. The number of aromatic nitrogens is 1. The number of amides is 1. The number of aryl methyl sites for hydroxylation is 1. The molecule has 0 aliphatic heterocycles. The van der Waals surface area contributed by atoms with Gasteiger partial charge in [0, 0.05) is 23.6 Å². The lowest BCUT2D eigenvalue weighted by molar-refractivity contribution is 0.168. The van der Waals surface area contributed by atoms with Crippen LogP contribution in [-0.4, -0.2) is 24.4 Å². The van der Waals surface area contributed by atoms with Crippen molar-refractivity contribution < 1.29 is 18.7 Å². The fourth-order valence-electron chi connectivity index (χ4n) is 3.16. The van der Waals surface area contributed by atoms with Crippen molar-refractivity contribution in [3.8, 4) is 17.0 Å². The molecule has 0 atom stereocenters. The van der Waals surface area contributed by atoms with Gasteiger partial charge in [-0.15, -0.1) is 0 Å². The molecule has 0 saturated carbocycles. The summed E-state index contributed by atoms with van der Waals surface area (Å²) in [7, 11) is 1.61. The average molecular weight is 371 g/mol. The Labute approximate surface area is 156 Å². The minimum atomic E-state index is -0.696. The first kappa shape index (κ1) is 18.6. The highest BCUT2D eigenvalue weighted by Crippen LogP contribution is 2.38. The number of benzene rings is 2. The normalized spacial score (nSPS) is 10.8. The number of carbonyl (C=O) groups excluding carboxylic acids is 1. The van der Waals surface area contributed by atoms with Gasteiger partial charge in [-0.25, -0.2) is 9.18 Å². The maximum atomic E-state index is 14.5. The van der Waals surface area contributed by atoms with Crippen molar-refractivity contribution in [2.45, 2.75) is 20.4 Å². The van der Waals surface area contributed by atoms with E-state index < -0.39 is 11.9 Å². The number of hydrogen-bond acceptors (Lipinski definition) is 4. The predicted octanol–water partition coefficient (Wildman–Crippen LogP) is 4.63. The maximum absolute atomic E-state index is 14.5. The molecule has 0 unspecified atom stereocenters. The van der Waals surface area contributed by atoms with Crippen molar-refractivity contribution in [1.82, 2.24) is 4.57 Å². The Morgan fingerprint density at radius 3 is 2.63 bits per heavy atom. The molecule has 2 aromatic carbocycles. The second kappa shape index (κ2) is 7.57. The summed E-state index contributed by atoms with van der Waals surface area (Å²) in [5.41, 5.74) is 9.26. The summed E-state index contributed by atoms with van der Waals surface area (Å²) in [5.74, 6) is 0.159. The summed E-state index contributed by atoms with van der Waals surface area (Å²) >= 11 is 0.